The van der Waals surface area contributed by atoms with Gasteiger partial charge in [-0.3, -0.25) is 9.10 Å². The molecular formula is C16H23IN2O4S. The molecule has 6 nitrogen and oxygen atoms in total. The van der Waals surface area contributed by atoms with E-state index in [1.165, 1.54) is 4.90 Å². The molecule has 1 aromatic rings. The van der Waals surface area contributed by atoms with Crippen molar-refractivity contribution in [3.05, 3.63) is 27.8 Å². The number of rotatable bonds is 5. The third-order valence-electron chi connectivity index (χ3n) is 4.38. The van der Waals surface area contributed by atoms with Gasteiger partial charge in [0.2, 0.25) is 15.9 Å². The maximum atomic E-state index is 12.6. The molecule has 24 heavy (non-hydrogen) atoms. The summed E-state index contributed by atoms with van der Waals surface area (Å²) in [6.45, 7) is -0.265. The van der Waals surface area contributed by atoms with Gasteiger partial charge >= 0.3 is 0 Å². The molecule has 1 aliphatic rings. The average Bonchev–Trinajstić information content (AvgIpc) is 2.52. The van der Waals surface area contributed by atoms with Crippen LogP contribution in [0.25, 0.3) is 0 Å². The standard InChI is InChI=1S/C16H23IN2O4S/c1-18(14-5-3-4-6-15(14)20)16(21)11-19(24(2,22)23)13-9-7-12(17)8-10-13/h7-10,14-15,20H,3-6,11H2,1-2H3. The monoisotopic (exact) mass is 466 g/mol. The number of nitrogens with zero attached hydrogens (tertiary/aromatic N) is 2. The minimum Gasteiger partial charge on any atom is -0.391 e. The molecule has 0 saturated heterocycles. The van der Waals surface area contributed by atoms with E-state index in [1.807, 2.05) is 0 Å². The molecule has 0 aromatic heterocycles. The van der Waals surface area contributed by atoms with Gasteiger partial charge in [0.15, 0.2) is 0 Å². The lowest BCUT2D eigenvalue weighted by atomic mass is 9.91. The van der Waals surface area contributed by atoms with Gasteiger partial charge in [0, 0.05) is 10.6 Å². The van der Waals surface area contributed by atoms with Crippen molar-refractivity contribution in [1.82, 2.24) is 4.90 Å². The number of carbonyl (C=O) groups is 1. The maximum absolute atomic E-state index is 12.6. The first-order valence-corrected chi connectivity index (χ1v) is 10.8. The second kappa shape index (κ2) is 8.01. The van der Waals surface area contributed by atoms with E-state index in [-0.39, 0.29) is 18.5 Å². The zero-order valence-electron chi connectivity index (χ0n) is 13.9. The van der Waals surface area contributed by atoms with E-state index in [1.54, 1.807) is 31.3 Å². The Morgan fingerprint density at radius 3 is 2.38 bits per heavy atom. The molecule has 8 heteroatoms. The normalized spacial score (nSPS) is 21.3. The number of likely N-dealkylation sites (N-methyl/N-ethyl adjacent to an activating group) is 1. The number of aliphatic hydroxyl groups is 1. The van der Waals surface area contributed by atoms with Crippen molar-refractivity contribution >= 4 is 44.2 Å². The second-order valence-corrected chi connectivity index (χ2v) is 9.32. The SMILES string of the molecule is CN(C(=O)CN(c1ccc(I)cc1)S(C)(=O)=O)C1CCCCC1O. The highest BCUT2D eigenvalue weighted by Gasteiger charge is 2.31. The number of hydrogen-bond donors (Lipinski definition) is 1. The largest absolute Gasteiger partial charge is 0.391 e. The molecule has 0 spiro atoms. The lowest BCUT2D eigenvalue weighted by Crippen LogP contribution is -2.50. The van der Waals surface area contributed by atoms with Crippen LogP contribution in [0.15, 0.2) is 24.3 Å². The third kappa shape index (κ3) is 4.82. The van der Waals surface area contributed by atoms with Crippen LogP contribution >= 0.6 is 22.6 Å². The number of aliphatic hydroxyl groups excluding tert-OH is 1. The molecule has 2 unspecified atom stereocenters. The lowest BCUT2D eigenvalue weighted by Gasteiger charge is -2.36. The highest BCUT2D eigenvalue weighted by atomic mass is 127. The van der Waals surface area contributed by atoms with E-state index in [2.05, 4.69) is 22.6 Å². The summed E-state index contributed by atoms with van der Waals surface area (Å²) in [6, 6.07) is 6.72. The minimum atomic E-state index is -3.58. The van der Waals surface area contributed by atoms with Crippen LogP contribution in [-0.2, 0) is 14.8 Å². The Balaban J connectivity index is 2.17. The van der Waals surface area contributed by atoms with E-state index in [0.29, 0.717) is 12.1 Å². The van der Waals surface area contributed by atoms with E-state index in [9.17, 15) is 18.3 Å². The summed E-state index contributed by atoms with van der Waals surface area (Å²) < 4.78 is 26.3. The van der Waals surface area contributed by atoms with Gasteiger partial charge in [-0.25, -0.2) is 8.42 Å². The maximum Gasteiger partial charge on any atom is 0.243 e. The average molecular weight is 466 g/mol. The van der Waals surface area contributed by atoms with Crippen molar-refractivity contribution in [1.29, 1.82) is 0 Å². The fourth-order valence-electron chi connectivity index (χ4n) is 2.97. The lowest BCUT2D eigenvalue weighted by molar-refractivity contribution is -0.133. The molecule has 0 radical (unpaired) electrons. The summed E-state index contributed by atoms with van der Waals surface area (Å²) in [5.41, 5.74) is 0.462. The molecule has 134 valence electrons. The fourth-order valence-corrected chi connectivity index (χ4v) is 4.18. The number of amides is 1. The van der Waals surface area contributed by atoms with Crippen molar-refractivity contribution in [3.8, 4) is 0 Å². The van der Waals surface area contributed by atoms with Gasteiger partial charge in [-0.1, -0.05) is 12.8 Å². The zero-order valence-corrected chi connectivity index (χ0v) is 16.8. The predicted molar refractivity (Wildman–Crippen MR) is 102 cm³/mol. The Morgan fingerprint density at radius 1 is 1.25 bits per heavy atom. The number of sulfonamides is 1. The smallest absolute Gasteiger partial charge is 0.243 e. The summed E-state index contributed by atoms with van der Waals surface area (Å²) in [7, 11) is -1.95. The van der Waals surface area contributed by atoms with Crippen LogP contribution in [0.1, 0.15) is 25.7 Å². The first kappa shape index (κ1) is 19.5. The molecule has 2 rings (SSSR count). The van der Waals surface area contributed by atoms with Crippen molar-refractivity contribution in [2.75, 3.05) is 24.2 Å². The van der Waals surface area contributed by atoms with Crippen LogP contribution in [-0.4, -0.2) is 56.3 Å². The van der Waals surface area contributed by atoms with Crippen molar-refractivity contribution in [3.63, 3.8) is 0 Å². The summed E-state index contributed by atoms with van der Waals surface area (Å²) >= 11 is 2.14. The number of hydrogen-bond acceptors (Lipinski definition) is 4. The van der Waals surface area contributed by atoms with Gasteiger partial charge in [-0.2, -0.15) is 0 Å². The molecule has 1 N–H and O–H groups in total. The van der Waals surface area contributed by atoms with E-state index in [0.717, 1.165) is 33.4 Å². The van der Waals surface area contributed by atoms with Gasteiger partial charge in [0.1, 0.15) is 6.54 Å². The van der Waals surface area contributed by atoms with Gasteiger partial charge in [0.25, 0.3) is 0 Å². The van der Waals surface area contributed by atoms with Crippen LogP contribution in [0, 0.1) is 3.57 Å². The molecule has 1 aliphatic carbocycles. The number of halogens is 1. The third-order valence-corrected chi connectivity index (χ3v) is 6.24. The van der Waals surface area contributed by atoms with Gasteiger partial charge in [0.05, 0.1) is 24.1 Å². The van der Waals surface area contributed by atoms with Crippen LogP contribution < -0.4 is 4.31 Å². The van der Waals surface area contributed by atoms with E-state index >= 15 is 0 Å². The highest BCUT2D eigenvalue weighted by Crippen LogP contribution is 2.24. The first-order chi connectivity index (χ1) is 11.2. The zero-order chi connectivity index (χ0) is 17.9. The van der Waals surface area contributed by atoms with Gasteiger partial charge in [-0.15, -0.1) is 0 Å². The molecule has 1 fully saturated rings. The molecule has 0 bridgehead atoms. The van der Waals surface area contributed by atoms with Crippen LogP contribution in [0.5, 0.6) is 0 Å². The molecular weight excluding hydrogens is 443 g/mol. The Morgan fingerprint density at radius 2 is 1.83 bits per heavy atom. The Bertz CT molecular complexity index is 678. The Hall–Kier alpha value is -0.870. The second-order valence-electron chi connectivity index (χ2n) is 6.17. The number of anilines is 1. The van der Waals surface area contributed by atoms with Crippen molar-refractivity contribution < 1.29 is 18.3 Å². The number of benzene rings is 1. The Kier molecular flexibility index (Phi) is 6.49. The molecule has 0 heterocycles. The summed E-state index contributed by atoms with van der Waals surface area (Å²) in [4.78, 5) is 14.1. The summed E-state index contributed by atoms with van der Waals surface area (Å²) in [5, 5.41) is 10.1. The van der Waals surface area contributed by atoms with E-state index in [4.69, 9.17) is 0 Å². The minimum absolute atomic E-state index is 0.246. The van der Waals surface area contributed by atoms with Crippen molar-refractivity contribution in [2.45, 2.75) is 37.8 Å². The summed E-state index contributed by atoms with van der Waals surface area (Å²) in [6.07, 6.45) is 3.89. The van der Waals surface area contributed by atoms with Gasteiger partial charge < -0.3 is 10.0 Å². The van der Waals surface area contributed by atoms with Crippen molar-refractivity contribution in [2.24, 2.45) is 0 Å². The van der Waals surface area contributed by atoms with Crippen LogP contribution in [0.3, 0.4) is 0 Å². The molecule has 2 atom stereocenters. The van der Waals surface area contributed by atoms with Gasteiger partial charge in [-0.05, 0) is 59.7 Å². The molecule has 1 saturated carbocycles. The highest BCUT2D eigenvalue weighted by molar-refractivity contribution is 14.1. The molecule has 1 aromatic carbocycles. The topological polar surface area (TPSA) is 77.9 Å². The summed E-state index contributed by atoms with van der Waals surface area (Å²) in [5.74, 6) is -0.315. The molecule has 0 aliphatic heterocycles. The molecule has 1 amide bonds. The fraction of sp³-hybridized carbons (Fsp3) is 0.562. The first-order valence-electron chi connectivity index (χ1n) is 7.87. The van der Waals surface area contributed by atoms with Crippen LogP contribution in [0.4, 0.5) is 5.69 Å². The number of carbonyl (C=O) groups excluding carboxylic acids is 1. The predicted octanol–water partition coefficient (Wildman–Crippen LogP) is 1.82. The van der Waals surface area contributed by atoms with Crippen LogP contribution in [0.2, 0.25) is 0 Å². The quantitative estimate of drug-likeness (QED) is 0.672. The Labute approximate surface area is 157 Å². The van der Waals surface area contributed by atoms with E-state index < -0.39 is 16.1 Å².